The molecule has 1 aromatic carbocycles. The standard InChI is InChI=1S/C21H21N7O/c22-10-15-4-5-18(21-24-12-16(11-23)13-25-21)19(8-15)29-17-9-20(27-26-14-17)28-6-2-1-3-7-28/h4-5,8-9,12-14H,1-3,6-7,11,23H2. The number of piperidine rings is 1. The van der Waals surface area contributed by atoms with E-state index in [0.29, 0.717) is 35.0 Å². The first-order valence-electron chi connectivity index (χ1n) is 9.58. The number of hydrogen-bond donors (Lipinski definition) is 1. The zero-order chi connectivity index (χ0) is 20.1. The van der Waals surface area contributed by atoms with Crippen LogP contribution in [-0.4, -0.2) is 33.3 Å². The average molecular weight is 387 g/mol. The van der Waals surface area contributed by atoms with Gasteiger partial charge in [-0.25, -0.2) is 9.97 Å². The summed E-state index contributed by atoms with van der Waals surface area (Å²) >= 11 is 0. The number of nitrogens with zero attached hydrogens (tertiary/aromatic N) is 6. The van der Waals surface area contributed by atoms with Crippen LogP contribution in [0.2, 0.25) is 0 Å². The van der Waals surface area contributed by atoms with Crippen LogP contribution < -0.4 is 15.4 Å². The van der Waals surface area contributed by atoms with Gasteiger partial charge in [-0.1, -0.05) is 0 Å². The van der Waals surface area contributed by atoms with E-state index in [1.807, 2.05) is 6.07 Å². The van der Waals surface area contributed by atoms with E-state index in [-0.39, 0.29) is 0 Å². The van der Waals surface area contributed by atoms with E-state index in [9.17, 15) is 5.26 Å². The lowest BCUT2D eigenvalue weighted by atomic mass is 10.1. The molecule has 0 spiro atoms. The molecule has 2 N–H and O–H groups in total. The maximum Gasteiger partial charge on any atom is 0.162 e. The molecule has 8 heteroatoms. The minimum absolute atomic E-state index is 0.374. The van der Waals surface area contributed by atoms with Gasteiger partial charge in [0.05, 0.1) is 23.4 Å². The predicted octanol–water partition coefficient (Wildman–Crippen LogP) is 3.05. The Morgan fingerprint density at radius 3 is 2.59 bits per heavy atom. The minimum atomic E-state index is 0.374. The number of nitriles is 1. The molecule has 0 atom stereocenters. The zero-order valence-corrected chi connectivity index (χ0v) is 16.0. The minimum Gasteiger partial charge on any atom is -0.455 e. The van der Waals surface area contributed by atoms with Crippen molar-refractivity contribution in [2.75, 3.05) is 18.0 Å². The van der Waals surface area contributed by atoms with Gasteiger partial charge >= 0.3 is 0 Å². The average Bonchev–Trinajstić information content (AvgIpc) is 2.80. The number of ether oxygens (including phenoxy) is 1. The van der Waals surface area contributed by atoms with Gasteiger partial charge in [0.25, 0.3) is 0 Å². The van der Waals surface area contributed by atoms with Gasteiger partial charge in [0, 0.05) is 43.7 Å². The first-order chi connectivity index (χ1) is 14.3. The molecule has 3 aromatic rings. The largest absolute Gasteiger partial charge is 0.455 e. The Kier molecular flexibility index (Phi) is 5.59. The summed E-state index contributed by atoms with van der Waals surface area (Å²) in [6.07, 6.45) is 8.48. The molecule has 0 radical (unpaired) electrons. The van der Waals surface area contributed by atoms with Crippen LogP contribution in [0.25, 0.3) is 11.4 Å². The van der Waals surface area contributed by atoms with E-state index in [1.54, 1.807) is 36.8 Å². The van der Waals surface area contributed by atoms with Crippen LogP contribution in [0.1, 0.15) is 30.4 Å². The number of hydrogen-bond acceptors (Lipinski definition) is 8. The Morgan fingerprint density at radius 2 is 1.86 bits per heavy atom. The SMILES string of the molecule is N#Cc1ccc(-c2ncc(CN)cn2)c(Oc2cnnc(N3CCCCC3)c2)c1. The number of rotatable bonds is 5. The molecule has 2 aromatic heterocycles. The monoisotopic (exact) mass is 387 g/mol. The van der Waals surface area contributed by atoms with Crippen LogP contribution in [0.15, 0.2) is 42.9 Å². The van der Waals surface area contributed by atoms with E-state index < -0.39 is 0 Å². The van der Waals surface area contributed by atoms with Crippen LogP contribution in [0.3, 0.4) is 0 Å². The highest BCUT2D eigenvalue weighted by atomic mass is 16.5. The maximum atomic E-state index is 9.29. The Bertz CT molecular complexity index is 1020. The van der Waals surface area contributed by atoms with Crippen LogP contribution >= 0.6 is 0 Å². The van der Waals surface area contributed by atoms with Gasteiger partial charge in [-0.3, -0.25) is 0 Å². The van der Waals surface area contributed by atoms with Gasteiger partial charge in [0.1, 0.15) is 5.75 Å². The van der Waals surface area contributed by atoms with Crippen LogP contribution in [0.4, 0.5) is 5.82 Å². The highest BCUT2D eigenvalue weighted by Gasteiger charge is 2.16. The Labute approximate surface area is 169 Å². The second-order valence-electron chi connectivity index (χ2n) is 6.84. The molecule has 146 valence electrons. The van der Waals surface area contributed by atoms with Crippen molar-refractivity contribution in [3.63, 3.8) is 0 Å². The van der Waals surface area contributed by atoms with Gasteiger partial charge in [-0.15, -0.1) is 5.10 Å². The van der Waals surface area contributed by atoms with E-state index in [0.717, 1.165) is 37.3 Å². The predicted molar refractivity (Wildman–Crippen MR) is 108 cm³/mol. The second-order valence-corrected chi connectivity index (χ2v) is 6.84. The van der Waals surface area contributed by atoms with Crippen molar-refractivity contribution in [3.05, 3.63) is 54.0 Å². The van der Waals surface area contributed by atoms with Gasteiger partial charge in [0.2, 0.25) is 0 Å². The molecule has 0 amide bonds. The Balaban J connectivity index is 1.66. The van der Waals surface area contributed by atoms with Crippen LogP contribution in [0.5, 0.6) is 11.5 Å². The zero-order valence-electron chi connectivity index (χ0n) is 16.0. The first kappa shape index (κ1) is 18.8. The lowest BCUT2D eigenvalue weighted by molar-refractivity contribution is 0.478. The number of aromatic nitrogens is 4. The van der Waals surface area contributed by atoms with Crippen LogP contribution in [-0.2, 0) is 6.54 Å². The summed E-state index contributed by atoms with van der Waals surface area (Å²) in [6.45, 7) is 2.31. The molecule has 0 unspecified atom stereocenters. The molecular formula is C21H21N7O. The summed E-state index contributed by atoms with van der Waals surface area (Å²) in [4.78, 5) is 11.0. The molecule has 8 nitrogen and oxygen atoms in total. The highest BCUT2D eigenvalue weighted by molar-refractivity contribution is 5.66. The summed E-state index contributed by atoms with van der Waals surface area (Å²) in [6, 6.07) is 9.19. The Hall–Kier alpha value is -3.57. The highest BCUT2D eigenvalue weighted by Crippen LogP contribution is 2.33. The molecule has 1 aliphatic heterocycles. The maximum absolute atomic E-state index is 9.29. The van der Waals surface area contributed by atoms with E-state index >= 15 is 0 Å². The van der Waals surface area contributed by atoms with E-state index in [1.165, 1.54) is 6.42 Å². The summed E-state index contributed by atoms with van der Waals surface area (Å²) in [5, 5.41) is 17.6. The molecule has 0 aliphatic carbocycles. The summed E-state index contributed by atoms with van der Waals surface area (Å²) in [5.41, 5.74) is 7.64. The third-order valence-electron chi connectivity index (χ3n) is 4.82. The number of benzene rings is 1. The fraction of sp³-hybridized carbons (Fsp3) is 0.286. The fourth-order valence-corrected chi connectivity index (χ4v) is 3.26. The molecular weight excluding hydrogens is 366 g/mol. The number of nitrogens with two attached hydrogens (primary N) is 1. The quantitative estimate of drug-likeness (QED) is 0.710. The third kappa shape index (κ3) is 4.31. The van der Waals surface area contributed by atoms with E-state index in [4.69, 9.17) is 10.5 Å². The summed E-state index contributed by atoms with van der Waals surface area (Å²) in [5.74, 6) is 2.33. The normalized spacial score (nSPS) is 13.7. The molecule has 1 saturated heterocycles. The van der Waals surface area contributed by atoms with Gasteiger partial charge < -0.3 is 15.4 Å². The fourth-order valence-electron chi connectivity index (χ4n) is 3.26. The molecule has 3 heterocycles. The van der Waals surface area contributed by atoms with Crippen molar-refractivity contribution in [2.45, 2.75) is 25.8 Å². The summed E-state index contributed by atoms with van der Waals surface area (Å²) in [7, 11) is 0. The first-order valence-corrected chi connectivity index (χ1v) is 9.58. The van der Waals surface area contributed by atoms with Crippen molar-refractivity contribution in [2.24, 2.45) is 5.73 Å². The smallest absolute Gasteiger partial charge is 0.162 e. The van der Waals surface area contributed by atoms with Gasteiger partial charge in [0.15, 0.2) is 17.4 Å². The Morgan fingerprint density at radius 1 is 1.07 bits per heavy atom. The lowest BCUT2D eigenvalue weighted by Crippen LogP contribution is -2.30. The molecule has 0 saturated carbocycles. The van der Waals surface area contributed by atoms with E-state index in [2.05, 4.69) is 31.1 Å². The van der Waals surface area contributed by atoms with Crippen molar-refractivity contribution in [3.8, 4) is 29.0 Å². The topological polar surface area (TPSA) is 114 Å². The van der Waals surface area contributed by atoms with Gasteiger partial charge in [-0.2, -0.15) is 10.4 Å². The third-order valence-corrected chi connectivity index (χ3v) is 4.82. The van der Waals surface area contributed by atoms with Crippen molar-refractivity contribution in [1.29, 1.82) is 5.26 Å². The van der Waals surface area contributed by atoms with Crippen molar-refractivity contribution < 1.29 is 4.74 Å². The molecule has 1 aliphatic rings. The summed E-state index contributed by atoms with van der Waals surface area (Å²) < 4.78 is 6.11. The second kappa shape index (κ2) is 8.63. The van der Waals surface area contributed by atoms with Gasteiger partial charge in [-0.05, 0) is 37.5 Å². The van der Waals surface area contributed by atoms with Crippen molar-refractivity contribution in [1.82, 2.24) is 20.2 Å². The van der Waals surface area contributed by atoms with Crippen molar-refractivity contribution >= 4 is 5.82 Å². The van der Waals surface area contributed by atoms with Crippen LogP contribution in [0, 0.1) is 11.3 Å². The molecule has 29 heavy (non-hydrogen) atoms. The number of anilines is 1. The molecule has 1 fully saturated rings. The molecule has 4 rings (SSSR count). The lowest BCUT2D eigenvalue weighted by Gasteiger charge is -2.27. The molecule has 0 bridgehead atoms.